The van der Waals surface area contributed by atoms with Crippen LogP contribution in [0.25, 0.3) is 0 Å². The molecule has 3 rings (SSSR count). The number of amides is 3. The van der Waals surface area contributed by atoms with Gasteiger partial charge in [-0.25, -0.2) is 13.2 Å². The topological polar surface area (TPSA) is 134 Å². The quantitative estimate of drug-likeness (QED) is 0.547. The Kier molecular flexibility index (Phi) is 4.91. The summed E-state index contributed by atoms with van der Waals surface area (Å²) < 4.78 is 33.8. The van der Waals surface area contributed by atoms with Crippen molar-refractivity contribution in [3.05, 3.63) is 47.0 Å². The van der Waals surface area contributed by atoms with E-state index in [0.29, 0.717) is 11.1 Å². The summed E-state index contributed by atoms with van der Waals surface area (Å²) in [6, 6.07) is 6.41. The van der Waals surface area contributed by atoms with Crippen molar-refractivity contribution in [2.75, 3.05) is 11.8 Å². The Morgan fingerprint density at radius 2 is 1.83 bits per heavy atom. The lowest BCUT2D eigenvalue weighted by Crippen LogP contribution is -2.41. The second-order valence-corrected chi connectivity index (χ2v) is 8.58. The monoisotopic (exact) mass is 419 g/mol. The smallest absolute Gasteiger partial charge is 0.322 e. The number of phenols is 1. The molecule has 2 aromatic carbocycles. The number of hydrogen-bond acceptors (Lipinski definition) is 6. The molecular weight excluding hydrogens is 398 g/mol. The molecule has 0 bridgehead atoms. The summed E-state index contributed by atoms with van der Waals surface area (Å²) in [4.78, 5) is 23.8. The van der Waals surface area contributed by atoms with Gasteiger partial charge in [0.15, 0.2) is 0 Å². The molecule has 29 heavy (non-hydrogen) atoms. The Labute approximate surface area is 168 Å². The number of ether oxygens (including phenoxy) is 1. The minimum atomic E-state index is -4.07. The SMILES string of the molecule is COc1ccc(S(=O)(=O)Nc2c(C)ccc(O)c2C)cc1[C@]1(C)NC(=O)NC1=O. The number of aromatic hydroxyl groups is 1. The van der Waals surface area contributed by atoms with Crippen molar-refractivity contribution < 1.29 is 27.9 Å². The van der Waals surface area contributed by atoms with Gasteiger partial charge in [0.1, 0.15) is 17.0 Å². The number of rotatable bonds is 5. The van der Waals surface area contributed by atoms with Crippen LogP contribution in [-0.4, -0.2) is 32.6 Å². The Balaban J connectivity index is 2.09. The first-order valence-corrected chi connectivity index (χ1v) is 10.1. The third-order valence-corrected chi connectivity index (χ3v) is 6.29. The summed E-state index contributed by atoms with van der Waals surface area (Å²) in [6.45, 7) is 4.76. The fourth-order valence-electron chi connectivity index (χ4n) is 3.16. The third-order valence-electron chi connectivity index (χ3n) is 4.95. The van der Waals surface area contributed by atoms with Crippen molar-refractivity contribution in [3.8, 4) is 11.5 Å². The van der Waals surface area contributed by atoms with Gasteiger partial charge in [0, 0.05) is 11.1 Å². The molecule has 9 nitrogen and oxygen atoms in total. The Morgan fingerprint density at radius 3 is 2.41 bits per heavy atom. The molecule has 154 valence electrons. The molecule has 1 aliphatic heterocycles. The van der Waals surface area contributed by atoms with Crippen LogP contribution in [-0.2, 0) is 20.4 Å². The van der Waals surface area contributed by atoms with Crippen LogP contribution in [0.15, 0.2) is 35.2 Å². The highest BCUT2D eigenvalue weighted by Crippen LogP contribution is 2.35. The van der Waals surface area contributed by atoms with Gasteiger partial charge in [0.05, 0.1) is 17.7 Å². The number of carbonyl (C=O) groups is 2. The van der Waals surface area contributed by atoms with Gasteiger partial charge in [-0.3, -0.25) is 14.8 Å². The number of hydrogen-bond donors (Lipinski definition) is 4. The van der Waals surface area contributed by atoms with E-state index in [1.54, 1.807) is 19.9 Å². The maximum atomic E-state index is 13.0. The average molecular weight is 419 g/mol. The van der Waals surface area contributed by atoms with Gasteiger partial charge in [-0.2, -0.15) is 0 Å². The van der Waals surface area contributed by atoms with Crippen LogP contribution in [0.4, 0.5) is 10.5 Å². The molecule has 3 amide bonds. The standard InChI is InChI=1S/C19H21N3O6S/c1-10-5-7-14(23)11(2)16(10)22-29(26,27)12-6-8-15(28-4)13(9-12)19(3)17(24)20-18(25)21-19/h5-9,22-23H,1-4H3,(H2,20,21,24,25)/t19-/m0/s1. The lowest BCUT2D eigenvalue weighted by Gasteiger charge is -2.24. The Morgan fingerprint density at radius 1 is 1.14 bits per heavy atom. The molecule has 1 heterocycles. The molecule has 1 atom stereocenters. The molecule has 0 unspecified atom stereocenters. The zero-order valence-electron chi connectivity index (χ0n) is 16.3. The predicted molar refractivity (Wildman–Crippen MR) is 105 cm³/mol. The summed E-state index contributed by atoms with van der Waals surface area (Å²) in [5.74, 6) is -0.418. The van der Waals surface area contributed by atoms with Crippen LogP contribution in [0.3, 0.4) is 0 Å². The zero-order valence-corrected chi connectivity index (χ0v) is 17.1. The molecule has 4 N–H and O–H groups in total. The number of methoxy groups -OCH3 is 1. The summed E-state index contributed by atoms with van der Waals surface area (Å²) >= 11 is 0. The van der Waals surface area contributed by atoms with Gasteiger partial charge in [0.2, 0.25) is 0 Å². The first-order valence-electron chi connectivity index (χ1n) is 8.63. The van der Waals surface area contributed by atoms with Crippen molar-refractivity contribution in [2.24, 2.45) is 0 Å². The number of aryl methyl sites for hydroxylation is 1. The van der Waals surface area contributed by atoms with Crippen LogP contribution >= 0.6 is 0 Å². The number of benzene rings is 2. The van der Waals surface area contributed by atoms with Gasteiger partial charge in [-0.1, -0.05) is 6.07 Å². The van der Waals surface area contributed by atoms with Crippen LogP contribution in [0.1, 0.15) is 23.6 Å². The number of anilines is 1. The van der Waals surface area contributed by atoms with Crippen molar-refractivity contribution in [3.63, 3.8) is 0 Å². The second-order valence-electron chi connectivity index (χ2n) is 6.90. The number of phenolic OH excluding ortho intramolecular Hbond substituents is 1. The van der Waals surface area contributed by atoms with E-state index in [-0.39, 0.29) is 27.6 Å². The van der Waals surface area contributed by atoms with E-state index in [1.165, 1.54) is 38.3 Å². The summed E-state index contributed by atoms with van der Waals surface area (Å²) in [5, 5.41) is 14.5. The molecule has 0 radical (unpaired) electrons. The molecule has 2 aromatic rings. The van der Waals surface area contributed by atoms with Gasteiger partial charge in [0.25, 0.3) is 15.9 Å². The van der Waals surface area contributed by atoms with Crippen molar-refractivity contribution in [1.82, 2.24) is 10.6 Å². The maximum Gasteiger partial charge on any atom is 0.322 e. The van der Waals surface area contributed by atoms with E-state index in [2.05, 4.69) is 15.4 Å². The first-order chi connectivity index (χ1) is 13.5. The third kappa shape index (κ3) is 3.46. The minimum absolute atomic E-state index is 0.0402. The molecule has 10 heteroatoms. The highest BCUT2D eigenvalue weighted by molar-refractivity contribution is 7.92. The van der Waals surface area contributed by atoms with Crippen LogP contribution in [0.5, 0.6) is 11.5 Å². The number of carbonyl (C=O) groups excluding carboxylic acids is 2. The Bertz CT molecular complexity index is 1130. The Hall–Kier alpha value is -3.27. The summed E-state index contributed by atoms with van der Waals surface area (Å²) in [5.41, 5.74) is -0.0232. The fourth-order valence-corrected chi connectivity index (χ4v) is 4.39. The maximum absolute atomic E-state index is 13.0. The molecule has 0 saturated carbocycles. The lowest BCUT2D eigenvalue weighted by atomic mass is 9.91. The van der Waals surface area contributed by atoms with Crippen LogP contribution in [0, 0.1) is 13.8 Å². The number of urea groups is 1. The fraction of sp³-hybridized carbons (Fsp3) is 0.263. The molecular formula is C19H21N3O6S. The minimum Gasteiger partial charge on any atom is -0.508 e. The molecule has 0 aliphatic carbocycles. The van der Waals surface area contributed by atoms with E-state index in [1.807, 2.05) is 0 Å². The first kappa shape index (κ1) is 20.5. The zero-order chi connectivity index (χ0) is 21.6. The van der Waals surface area contributed by atoms with Crippen molar-refractivity contribution >= 4 is 27.6 Å². The van der Waals surface area contributed by atoms with E-state index in [0.717, 1.165) is 0 Å². The number of imide groups is 1. The molecule has 1 aliphatic rings. The van der Waals surface area contributed by atoms with Crippen molar-refractivity contribution in [1.29, 1.82) is 0 Å². The van der Waals surface area contributed by atoms with Gasteiger partial charge >= 0.3 is 6.03 Å². The second kappa shape index (κ2) is 6.96. The highest BCUT2D eigenvalue weighted by atomic mass is 32.2. The lowest BCUT2D eigenvalue weighted by molar-refractivity contribution is -0.123. The van der Waals surface area contributed by atoms with E-state index < -0.39 is 27.5 Å². The van der Waals surface area contributed by atoms with Gasteiger partial charge in [-0.15, -0.1) is 0 Å². The number of sulfonamides is 1. The van der Waals surface area contributed by atoms with Gasteiger partial charge in [-0.05, 0) is 50.6 Å². The average Bonchev–Trinajstić information content (AvgIpc) is 2.94. The number of nitrogens with one attached hydrogen (secondary N) is 3. The summed E-state index contributed by atoms with van der Waals surface area (Å²) in [7, 11) is -2.69. The molecule has 0 spiro atoms. The summed E-state index contributed by atoms with van der Waals surface area (Å²) in [6.07, 6.45) is 0. The predicted octanol–water partition coefficient (Wildman–Crippen LogP) is 1.87. The van der Waals surface area contributed by atoms with E-state index >= 15 is 0 Å². The van der Waals surface area contributed by atoms with Crippen molar-refractivity contribution in [2.45, 2.75) is 31.2 Å². The van der Waals surface area contributed by atoms with Gasteiger partial charge < -0.3 is 15.2 Å². The molecule has 0 aromatic heterocycles. The molecule has 1 fully saturated rings. The van der Waals surface area contributed by atoms with Crippen LogP contribution in [0.2, 0.25) is 0 Å². The van der Waals surface area contributed by atoms with Crippen LogP contribution < -0.4 is 20.1 Å². The highest BCUT2D eigenvalue weighted by Gasteiger charge is 2.45. The largest absolute Gasteiger partial charge is 0.508 e. The normalized spacial score (nSPS) is 18.9. The van der Waals surface area contributed by atoms with E-state index in [9.17, 15) is 23.1 Å². The molecule has 1 saturated heterocycles. The van der Waals surface area contributed by atoms with E-state index in [4.69, 9.17) is 4.74 Å².